The van der Waals surface area contributed by atoms with Gasteiger partial charge in [-0.25, -0.2) is 0 Å². The zero-order valence-electron chi connectivity index (χ0n) is 12.4. The van der Waals surface area contributed by atoms with Crippen molar-refractivity contribution >= 4 is 0 Å². The number of ether oxygens (including phenoxy) is 1. The Labute approximate surface area is 112 Å². The third kappa shape index (κ3) is 3.28. The van der Waals surface area contributed by atoms with Gasteiger partial charge in [0, 0.05) is 0 Å². The summed E-state index contributed by atoms with van der Waals surface area (Å²) in [6, 6.07) is 6.74. The molecule has 0 spiro atoms. The molecule has 1 nitrogen and oxygen atoms in total. The Kier molecular flexibility index (Phi) is 3.70. The van der Waals surface area contributed by atoms with Crippen LogP contribution in [0, 0.1) is 5.92 Å². The van der Waals surface area contributed by atoms with Gasteiger partial charge in [-0.05, 0) is 47.3 Å². The molecule has 0 radical (unpaired) electrons. The van der Waals surface area contributed by atoms with E-state index in [1.165, 1.54) is 24.0 Å². The molecule has 0 N–H and O–H groups in total. The van der Waals surface area contributed by atoms with E-state index in [0.717, 1.165) is 18.3 Å². The Morgan fingerprint density at radius 1 is 1.22 bits per heavy atom. The lowest BCUT2D eigenvalue weighted by Crippen LogP contribution is -2.12. The van der Waals surface area contributed by atoms with Crippen LogP contribution in [0.3, 0.4) is 0 Å². The topological polar surface area (TPSA) is 9.23 Å². The van der Waals surface area contributed by atoms with Crippen LogP contribution in [0.1, 0.15) is 64.5 Å². The highest BCUT2D eigenvalue weighted by Crippen LogP contribution is 2.35. The number of rotatable bonds is 4. The van der Waals surface area contributed by atoms with Crippen molar-refractivity contribution in [1.29, 1.82) is 0 Å². The molecule has 100 valence electrons. The Hall–Kier alpha value is -0.980. The van der Waals surface area contributed by atoms with Crippen LogP contribution in [0.5, 0.6) is 5.75 Å². The van der Waals surface area contributed by atoms with Crippen LogP contribution in [0.4, 0.5) is 0 Å². The van der Waals surface area contributed by atoms with E-state index in [-0.39, 0.29) is 5.41 Å². The Morgan fingerprint density at radius 2 is 1.89 bits per heavy atom. The minimum Gasteiger partial charge on any atom is -0.493 e. The first-order chi connectivity index (χ1) is 8.38. The molecule has 1 aliphatic carbocycles. The van der Waals surface area contributed by atoms with E-state index < -0.39 is 0 Å². The summed E-state index contributed by atoms with van der Waals surface area (Å²) in [5.74, 6) is 2.43. The monoisotopic (exact) mass is 246 g/mol. The summed E-state index contributed by atoms with van der Waals surface area (Å²) < 4.78 is 6.06. The lowest BCUT2D eigenvalue weighted by Gasteiger charge is -2.22. The van der Waals surface area contributed by atoms with Crippen LogP contribution in [0.15, 0.2) is 18.2 Å². The third-order valence-corrected chi connectivity index (χ3v) is 3.67. The van der Waals surface area contributed by atoms with E-state index in [0.29, 0.717) is 5.92 Å². The average Bonchev–Trinajstić information content (AvgIpc) is 3.08. The summed E-state index contributed by atoms with van der Waals surface area (Å²) in [6.45, 7) is 12.1. The maximum Gasteiger partial charge on any atom is 0.123 e. The van der Waals surface area contributed by atoms with Gasteiger partial charge < -0.3 is 4.74 Å². The molecule has 1 saturated carbocycles. The standard InChI is InChI=1S/C17H26O/c1-12(2)15-9-8-14(17(3,4)5)10-16(15)18-11-13-6-7-13/h8-10,12-13H,6-7,11H2,1-5H3. The molecule has 0 aromatic heterocycles. The first kappa shape index (κ1) is 13.5. The first-order valence-corrected chi connectivity index (χ1v) is 7.15. The Balaban J connectivity index is 2.24. The molecule has 0 unspecified atom stereocenters. The molecule has 0 saturated heterocycles. The van der Waals surface area contributed by atoms with Gasteiger partial charge >= 0.3 is 0 Å². The van der Waals surface area contributed by atoms with E-state index in [1.54, 1.807) is 0 Å². The maximum absolute atomic E-state index is 6.06. The van der Waals surface area contributed by atoms with E-state index in [9.17, 15) is 0 Å². The normalized spacial score (nSPS) is 16.1. The summed E-state index contributed by atoms with van der Waals surface area (Å²) >= 11 is 0. The largest absolute Gasteiger partial charge is 0.493 e. The summed E-state index contributed by atoms with van der Waals surface area (Å²) in [4.78, 5) is 0. The summed E-state index contributed by atoms with van der Waals surface area (Å²) in [5, 5.41) is 0. The predicted octanol–water partition coefficient (Wildman–Crippen LogP) is 4.90. The van der Waals surface area contributed by atoms with Gasteiger partial charge in [-0.2, -0.15) is 0 Å². The molecule has 1 heteroatoms. The van der Waals surface area contributed by atoms with Gasteiger partial charge in [-0.1, -0.05) is 46.8 Å². The molecule has 0 bridgehead atoms. The molecule has 0 heterocycles. The lowest BCUT2D eigenvalue weighted by atomic mass is 9.85. The highest BCUT2D eigenvalue weighted by molar-refractivity contribution is 5.41. The van der Waals surface area contributed by atoms with Crippen LogP contribution < -0.4 is 4.74 Å². The van der Waals surface area contributed by atoms with Crippen LogP contribution >= 0.6 is 0 Å². The highest BCUT2D eigenvalue weighted by atomic mass is 16.5. The lowest BCUT2D eigenvalue weighted by molar-refractivity contribution is 0.295. The molecular formula is C17H26O. The fourth-order valence-corrected chi connectivity index (χ4v) is 2.09. The summed E-state index contributed by atoms with van der Waals surface area (Å²) in [6.07, 6.45) is 2.69. The van der Waals surface area contributed by atoms with Gasteiger partial charge in [0.15, 0.2) is 0 Å². The van der Waals surface area contributed by atoms with Crippen molar-refractivity contribution in [1.82, 2.24) is 0 Å². The predicted molar refractivity (Wildman–Crippen MR) is 77.5 cm³/mol. The Bertz CT molecular complexity index is 408. The van der Waals surface area contributed by atoms with Crippen molar-refractivity contribution in [2.45, 2.75) is 58.8 Å². The van der Waals surface area contributed by atoms with Gasteiger partial charge in [0.05, 0.1) is 6.61 Å². The SMILES string of the molecule is CC(C)c1ccc(C(C)(C)C)cc1OCC1CC1. The van der Waals surface area contributed by atoms with Gasteiger partial charge in [-0.3, -0.25) is 0 Å². The summed E-state index contributed by atoms with van der Waals surface area (Å²) in [7, 11) is 0. The minimum absolute atomic E-state index is 0.188. The van der Waals surface area contributed by atoms with Crippen molar-refractivity contribution in [3.05, 3.63) is 29.3 Å². The van der Waals surface area contributed by atoms with E-state index in [1.807, 2.05) is 0 Å². The van der Waals surface area contributed by atoms with E-state index in [4.69, 9.17) is 4.74 Å². The van der Waals surface area contributed by atoms with Crippen molar-refractivity contribution in [2.75, 3.05) is 6.61 Å². The zero-order valence-corrected chi connectivity index (χ0v) is 12.4. The highest BCUT2D eigenvalue weighted by Gasteiger charge is 2.23. The second kappa shape index (κ2) is 4.95. The van der Waals surface area contributed by atoms with Crippen LogP contribution in [0.25, 0.3) is 0 Å². The molecule has 2 rings (SSSR count). The number of hydrogen-bond acceptors (Lipinski definition) is 1. The Morgan fingerprint density at radius 3 is 2.39 bits per heavy atom. The average molecular weight is 246 g/mol. The van der Waals surface area contributed by atoms with E-state index in [2.05, 4.69) is 52.8 Å². The maximum atomic E-state index is 6.06. The van der Waals surface area contributed by atoms with Gasteiger partial charge in [0.1, 0.15) is 5.75 Å². The van der Waals surface area contributed by atoms with Crippen molar-refractivity contribution in [3.63, 3.8) is 0 Å². The smallest absolute Gasteiger partial charge is 0.123 e. The first-order valence-electron chi connectivity index (χ1n) is 7.15. The molecular weight excluding hydrogens is 220 g/mol. The van der Waals surface area contributed by atoms with Crippen molar-refractivity contribution < 1.29 is 4.74 Å². The fraction of sp³-hybridized carbons (Fsp3) is 0.647. The zero-order chi connectivity index (χ0) is 13.3. The minimum atomic E-state index is 0.188. The molecule has 0 amide bonds. The van der Waals surface area contributed by atoms with Crippen LogP contribution in [-0.2, 0) is 5.41 Å². The molecule has 1 aliphatic rings. The fourth-order valence-electron chi connectivity index (χ4n) is 2.09. The molecule has 1 fully saturated rings. The van der Waals surface area contributed by atoms with Crippen molar-refractivity contribution in [2.24, 2.45) is 5.92 Å². The van der Waals surface area contributed by atoms with Crippen molar-refractivity contribution in [3.8, 4) is 5.75 Å². The van der Waals surface area contributed by atoms with E-state index >= 15 is 0 Å². The quantitative estimate of drug-likeness (QED) is 0.734. The van der Waals surface area contributed by atoms with Gasteiger partial charge in [-0.15, -0.1) is 0 Å². The molecule has 0 atom stereocenters. The second-order valence-electron chi connectivity index (χ2n) is 6.91. The molecule has 1 aromatic carbocycles. The molecule has 1 aromatic rings. The second-order valence-corrected chi connectivity index (χ2v) is 6.91. The molecule has 18 heavy (non-hydrogen) atoms. The van der Waals surface area contributed by atoms with Crippen LogP contribution in [0.2, 0.25) is 0 Å². The van der Waals surface area contributed by atoms with Crippen LogP contribution in [-0.4, -0.2) is 6.61 Å². The number of hydrogen-bond donors (Lipinski definition) is 0. The molecule has 0 aliphatic heterocycles. The third-order valence-electron chi connectivity index (χ3n) is 3.67. The number of benzene rings is 1. The van der Waals surface area contributed by atoms with Gasteiger partial charge in [0.2, 0.25) is 0 Å². The summed E-state index contributed by atoms with van der Waals surface area (Å²) in [5.41, 5.74) is 2.88. The van der Waals surface area contributed by atoms with Gasteiger partial charge in [0.25, 0.3) is 0 Å².